The summed E-state index contributed by atoms with van der Waals surface area (Å²) in [5, 5.41) is 2.82. The SMILES string of the molecule is Cc1cccc(C)c1NC(=O)COC(=O)c1ccccc1SC[C@H]1CCCO1. The minimum atomic E-state index is -0.493. The maximum atomic E-state index is 12.5. The largest absolute Gasteiger partial charge is 0.452 e. The average molecular weight is 400 g/mol. The number of anilines is 1. The van der Waals surface area contributed by atoms with E-state index in [2.05, 4.69) is 5.32 Å². The molecule has 3 rings (SSSR count). The minimum absolute atomic E-state index is 0.234. The molecule has 0 radical (unpaired) electrons. The van der Waals surface area contributed by atoms with E-state index in [1.54, 1.807) is 23.9 Å². The molecule has 1 aliphatic heterocycles. The topological polar surface area (TPSA) is 64.6 Å². The molecule has 2 aromatic carbocycles. The van der Waals surface area contributed by atoms with Crippen molar-refractivity contribution in [2.45, 2.75) is 37.7 Å². The second-order valence-electron chi connectivity index (χ2n) is 6.83. The van der Waals surface area contributed by atoms with E-state index in [1.165, 1.54) is 0 Å². The molecule has 1 aliphatic rings. The van der Waals surface area contributed by atoms with Crippen LogP contribution in [0.15, 0.2) is 47.4 Å². The van der Waals surface area contributed by atoms with Crippen LogP contribution in [0.2, 0.25) is 0 Å². The van der Waals surface area contributed by atoms with Gasteiger partial charge in [0, 0.05) is 22.9 Å². The molecule has 28 heavy (non-hydrogen) atoms. The molecule has 0 spiro atoms. The van der Waals surface area contributed by atoms with Crippen LogP contribution in [0, 0.1) is 13.8 Å². The van der Waals surface area contributed by atoms with Gasteiger partial charge in [-0.2, -0.15) is 0 Å². The smallest absolute Gasteiger partial charge is 0.339 e. The fourth-order valence-electron chi connectivity index (χ4n) is 3.12. The summed E-state index contributed by atoms with van der Waals surface area (Å²) in [6.45, 7) is 4.34. The molecule has 0 aliphatic carbocycles. The predicted molar refractivity (Wildman–Crippen MR) is 111 cm³/mol. The molecule has 1 atom stereocenters. The third-order valence-corrected chi connectivity index (χ3v) is 5.84. The highest BCUT2D eigenvalue weighted by Crippen LogP contribution is 2.27. The van der Waals surface area contributed by atoms with Gasteiger partial charge in [-0.3, -0.25) is 4.79 Å². The Morgan fingerprint density at radius 2 is 1.89 bits per heavy atom. The number of nitrogens with one attached hydrogen (secondary N) is 1. The first kappa shape index (κ1) is 20.4. The molecule has 0 unspecified atom stereocenters. The number of ether oxygens (including phenoxy) is 2. The van der Waals surface area contributed by atoms with Crippen molar-refractivity contribution in [2.75, 3.05) is 24.3 Å². The second kappa shape index (κ2) is 9.75. The van der Waals surface area contributed by atoms with Crippen molar-refractivity contribution >= 4 is 29.3 Å². The van der Waals surface area contributed by atoms with Crippen LogP contribution in [0.5, 0.6) is 0 Å². The van der Waals surface area contributed by atoms with Gasteiger partial charge < -0.3 is 14.8 Å². The van der Waals surface area contributed by atoms with E-state index in [0.717, 1.165) is 46.9 Å². The number of carbonyl (C=O) groups excluding carboxylic acids is 2. The van der Waals surface area contributed by atoms with Crippen LogP contribution in [-0.2, 0) is 14.3 Å². The van der Waals surface area contributed by atoms with Gasteiger partial charge in [-0.25, -0.2) is 4.79 Å². The molecule has 2 aromatic rings. The summed E-state index contributed by atoms with van der Waals surface area (Å²) in [6.07, 6.45) is 2.37. The van der Waals surface area contributed by atoms with Crippen LogP contribution < -0.4 is 5.32 Å². The van der Waals surface area contributed by atoms with Crippen molar-refractivity contribution in [3.63, 3.8) is 0 Å². The van der Waals surface area contributed by atoms with Crippen molar-refractivity contribution in [1.29, 1.82) is 0 Å². The number of esters is 1. The highest BCUT2D eigenvalue weighted by Gasteiger charge is 2.19. The van der Waals surface area contributed by atoms with Crippen molar-refractivity contribution in [3.8, 4) is 0 Å². The van der Waals surface area contributed by atoms with E-state index in [1.807, 2.05) is 44.2 Å². The quantitative estimate of drug-likeness (QED) is 0.553. The standard InChI is InChI=1S/C22H25NO4S/c1-15-7-5-8-16(2)21(15)23-20(24)13-27-22(25)18-10-3-4-11-19(18)28-14-17-9-6-12-26-17/h3-5,7-8,10-11,17H,6,9,12-14H2,1-2H3,(H,23,24)/t17-/m1/s1. The Kier molecular flexibility index (Phi) is 7.12. The van der Waals surface area contributed by atoms with E-state index in [4.69, 9.17) is 9.47 Å². The molecule has 1 N–H and O–H groups in total. The van der Waals surface area contributed by atoms with Crippen LogP contribution in [0.1, 0.15) is 34.3 Å². The lowest BCUT2D eigenvalue weighted by Crippen LogP contribution is -2.22. The molecular weight excluding hydrogens is 374 g/mol. The second-order valence-corrected chi connectivity index (χ2v) is 7.90. The number of aryl methyl sites for hydroxylation is 2. The molecule has 1 saturated heterocycles. The van der Waals surface area contributed by atoms with Gasteiger partial charge in [0.1, 0.15) is 0 Å². The van der Waals surface area contributed by atoms with Gasteiger partial charge in [0.05, 0.1) is 11.7 Å². The molecule has 1 amide bonds. The molecule has 0 bridgehead atoms. The number of rotatable bonds is 7. The number of carbonyl (C=O) groups is 2. The van der Waals surface area contributed by atoms with Gasteiger partial charge in [-0.15, -0.1) is 11.8 Å². The summed E-state index contributed by atoms with van der Waals surface area (Å²) in [7, 11) is 0. The normalized spacial score (nSPS) is 16.0. The summed E-state index contributed by atoms with van der Waals surface area (Å²) >= 11 is 1.59. The van der Waals surface area contributed by atoms with Gasteiger partial charge in [-0.1, -0.05) is 30.3 Å². The van der Waals surface area contributed by atoms with Crippen molar-refractivity contribution < 1.29 is 19.1 Å². The summed E-state index contributed by atoms with van der Waals surface area (Å²) in [5.74, 6) is -0.0421. The Morgan fingerprint density at radius 3 is 2.61 bits per heavy atom. The van der Waals surface area contributed by atoms with Gasteiger partial charge in [-0.05, 0) is 49.9 Å². The van der Waals surface area contributed by atoms with E-state index in [9.17, 15) is 9.59 Å². The van der Waals surface area contributed by atoms with Crippen molar-refractivity contribution in [2.24, 2.45) is 0 Å². The maximum Gasteiger partial charge on any atom is 0.339 e. The Balaban J connectivity index is 1.56. The molecular formula is C22H25NO4S. The van der Waals surface area contributed by atoms with E-state index < -0.39 is 5.97 Å². The molecule has 1 heterocycles. The maximum absolute atomic E-state index is 12.5. The van der Waals surface area contributed by atoms with Crippen LogP contribution in [0.3, 0.4) is 0 Å². The summed E-state index contributed by atoms with van der Waals surface area (Å²) in [5.41, 5.74) is 3.17. The third kappa shape index (κ3) is 5.36. The molecule has 0 aromatic heterocycles. The first-order chi connectivity index (χ1) is 13.5. The number of thioether (sulfide) groups is 1. The van der Waals surface area contributed by atoms with Crippen LogP contribution in [0.25, 0.3) is 0 Å². The number of hydrogen-bond donors (Lipinski definition) is 1. The van der Waals surface area contributed by atoms with Gasteiger partial charge >= 0.3 is 5.97 Å². The first-order valence-electron chi connectivity index (χ1n) is 9.41. The van der Waals surface area contributed by atoms with Crippen LogP contribution in [0.4, 0.5) is 5.69 Å². The monoisotopic (exact) mass is 399 g/mol. The zero-order valence-corrected chi connectivity index (χ0v) is 17.0. The van der Waals surface area contributed by atoms with Gasteiger partial charge in [0.2, 0.25) is 0 Å². The lowest BCUT2D eigenvalue weighted by molar-refractivity contribution is -0.119. The lowest BCUT2D eigenvalue weighted by Gasteiger charge is -2.13. The number of para-hydroxylation sites is 1. The lowest BCUT2D eigenvalue weighted by atomic mass is 10.1. The third-order valence-electron chi connectivity index (χ3n) is 4.64. The fraction of sp³-hybridized carbons (Fsp3) is 0.364. The highest BCUT2D eigenvalue weighted by atomic mass is 32.2. The number of hydrogen-bond acceptors (Lipinski definition) is 5. The average Bonchev–Trinajstić information content (AvgIpc) is 3.21. The minimum Gasteiger partial charge on any atom is -0.452 e. The zero-order valence-electron chi connectivity index (χ0n) is 16.2. The van der Waals surface area contributed by atoms with Crippen molar-refractivity contribution in [3.05, 3.63) is 59.2 Å². The Morgan fingerprint density at radius 1 is 1.14 bits per heavy atom. The number of amides is 1. The van der Waals surface area contributed by atoms with Gasteiger partial charge in [0.25, 0.3) is 5.91 Å². The summed E-state index contributed by atoms with van der Waals surface area (Å²) < 4.78 is 10.9. The van der Waals surface area contributed by atoms with E-state index in [-0.39, 0.29) is 18.6 Å². The Labute approximate surface area is 169 Å². The van der Waals surface area contributed by atoms with E-state index in [0.29, 0.717) is 5.56 Å². The molecule has 6 heteroatoms. The highest BCUT2D eigenvalue weighted by molar-refractivity contribution is 7.99. The Bertz CT molecular complexity index is 826. The predicted octanol–water partition coefficient (Wildman–Crippen LogP) is 4.37. The molecule has 5 nitrogen and oxygen atoms in total. The number of benzene rings is 2. The molecule has 0 saturated carbocycles. The van der Waals surface area contributed by atoms with Gasteiger partial charge in [0.15, 0.2) is 6.61 Å². The summed E-state index contributed by atoms with van der Waals surface area (Å²) in [4.78, 5) is 25.6. The molecule has 148 valence electrons. The van der Waals surface area contributed by atoms with Crippen molar-refractivity contribution in [1.82, 2.24) is 0 Å². The Hall–Kier alpha value is -2.31. The summed E-state index contributed by atoms with van der Waals surface area (Å²) in [6, 6.07) is 13.1. The molecule has 1 fully saturated rings. The van der Waals surface area contributed by atoms with Crippen LogP contribution in [-0.4, -0.2) is 36.9 Å². The van der Waals surface area contributed by atoms with E-state index >= 15 is 0 Å². The first-order valence-corrected chi connectivity index (χ1v) is 10.4. The fourth-order valence-corrected chi connectivity index (χ4v) is 4.23. The zero-order chi connectivity index (χ0) is 19.9. The van der Waals surface area contributed by atoms with Crippen LogP contribution >= 0.6 is 11.8 Å².